The predicted octanol–water partition coefficient (Wildman–Crippen LogP) is 4.89. The molecule has 0 N–H and O–H groups in total. The molecule has 0 nitrogen and oxygen atoms in total. The van der Waals surface area contributed by atoms with Crippen molar-refractivity contribution in [2.75, 3.05) is 0 Å². The molecule has 0 saturated heterocycles. The third kappa shape index (κ3) is 1.20. The molecule has 88 valence electrons. The Hall–Kier alpha value is 0. The Balaban J connectivity index is 2.31. The van der Waals surface area contributed by atoms with Crippen LogP contribution in [0.5, 0.6) is 0 Å². The highest BCUT2D eigenvalue weighted by molar-refractivity contribution is 5.14. The molecular weight excluding hydrogens is 180 g/mol. The highest BCUT2D eigenvalue weighted by atomic mass is 14.7. The van der Waals surface area contributed by atoms with Crippen LogP contribution in [-0.2, 0) is 0 Å². The van der Waals surface area contributed by atoms with Crippen LogP contribution in [0, 0.1) is 28.6 Å². The van der Waals surface area contributed by atoms with E-state index in [-0.39, 0.29) is 0 Å². The van der Waals surface area contributed by atoms with Gasteiger partial charge in [-0.1, -0.05) is 47.5 Å². The summed E-state index contributed by atoms with van der Waals surface area (Å²) in [7, 11) is 0. The van der Waals surface area contributed by atoms with Gasteiger partial charge in [-0.3, -0.25) is 0 Å². The van der Waals surface area contributed by atoms with E-state index in [1.807, 2.05) is 0 Å². The summed E-state index contributed by atoms with van der Waals surface area (Å²) in [5.41, 5.74) is 1.32. The van der Waals surface area contributed by atoms with Gasteiger partial charge in [0.15, 0.2) is 0 Å². The summed E-state index contributed by atoms with van der Waals surface area (Å²) in [6, 6.07) is 0. The van der Waals surface area contributed by atoms with E-state index in [0.717, 1.165) is 17.8 Å². The van der Waals surface area contributed by atoms with E-state index in [4.69, 9.17) is 0 Å². The highest BCUT2D eigenvalue weighted by Gasteiger charge is 2.66. The van der Waals surface area contributed by atoms with Crippen LogP contribution in [0.3, 0.4) is 0 Å². The molecule has 3 aliphatic carbocycles. The predicted molar refractivity (Wildman–Crippen MR) is 66.8 cm³/mol. The number of fused-ring (bicyclic) bond motifs is 2. The Morgan fingerprint density at radius 1 is 1.13 bits per heavy atom. The molecule has 3 aliphatic rings. The van der Waals surface area contributed by atoms with E-state index in [9.17, 15) is 0 Å². The zero-order chi connectivity index (χ0) is 11.3. The molecule has 0 aromatic heterocycles. The molecule has 0 amide bonds. The summed E-state index contributed by atoms with van der Waals surface area (Å²) in [6.45, 7) is 12.4. The maximum Gasteiger partial charge on any atom is -0.0187 e. The Morgan fingerprint density at radius 2 is 1.73 bits per heavy atom. The first-order valence-corrected chi connectivity index (χ1v) is 7.00. The Bertz CT molecular complexity index is 236. The van der Waals surface area contributed by atoms with E-state index >= 15 is 0 Å². The van der Waals surface area contributed by atoms with Crippen LogP contribution in [-0.4, -0.2) is 0 Å². The zero-order valence-electron chi connectivity index (χ0n) is 11.3. The normalized spacial score (nSPS) is 42.8. The minimum atomic E-state index is 0.626. The molecule has 15 heavy (non-hydrogen) atoms. The molecule has 0 heteroatoms. The third-order valence-electron chi connectivity index (χ3n) is 6.35. The van der Waals surface area contributed by atoms with Crippen LogP contribution in [0.15, 0.2) is 0 Å². The van der Waals surface area contributed by atoms with Gasteiger partial charge in [-0.25, -0.2) is 0 Å². The van der Waals surface area contributed by atoms with Gasteiger partial charge in [0, 0.05) is 0 Å². The maximum atomic E-state index is 2.55. The first kappa shape index (κ1) is 11.5. The lowest BCUT2D eigenvalue weighted by Crippen LogP contribution is -2.64. The fourth-order valence-corrected chi connectivity index (χ4v) is 5.30. The lowest BCUT2D eigenvalue weighted by molar-refractivity contribution is -0.228. The number of hydrogen-bond donors (Lipinski definition) is 0. The summed E-state index contributed by atoms with van der Waals surface area (Å²) in [4.78, 5) is 0. The quantitative estimate of drug-likeness (QED) is 0.620. The monoisotopic (exact) mass is 208 g/mol. The molecule has 2 bridgehead atoms. The summed E-state index contributed by atoms with van der Waals surface area (Å²) >= 11 is 0. The van der Waals surface area contributed by atoms with Crippen LogP contribution in [0.2, 0.25) is 0 Å². The molecule has 0 aliphatic heterocycles. The van der Waals surface area contributed by atoms with Crippen molar-refractivity contribution >= 4 is 0 Å². The SMILES string of the molecule is CCC(CC)C12CC(CCC1C)C2(C)C. The lowest BCUT2D eigenvalue weighted by Gasteiger charge is -2.71. The van der Waals surface area contributed by atoms with Crippen molar-refractivity contribution in [3.05, 3.63) is 0 Å². The molecule has 0 spiro atoms. The molecular formula is C15H28. The van der Waals surface area contributed by atoms with Gasteiger partial charge in [-0.05, 0) is 47.8 Å². The van der Waals surface area contributed by atoms with Gasteiger partial charge < -0.3 is 0 Å². The van der Waals surface area contributed by atoms with Gasteiger partial charge in [0.2, 0.25) is 0 Å². The molecule has 0 heterocycles. The van der Waals surface area contributed by atoms with E-state index in [1.54, 1.807) is 0 Å². The topological polar surface area (TPSA) is 0 Å². The highest BCUT2D eigenvalue weighted by Crippen LogP contribution is 2.73. The smallest absolute Gasteiger partial charge is 0.0187 e. The van der Waals surface area contributed by atoms with Crippen molar-refractivity contribution in [3.63, 3.8) is 0 Å². The molecule has 0 radical (unpaired) electrons. The van der Waals surface area contributed by atoms with Crippen LogP contribution < -0.4 is 0 Å². The summed E-state index contributed by atoms with van der Waals surface area (Å²) in [5, 5.41) is 0. The second-order valence-corrected chi connectivity index (χ2v) is 6.65. The van der Waals surface area contributed by atoms with Gasteiger partial charge in [0.1, 0.15) is 0 Å². The first-order chi connectivity index (χ1) is 7.00. The Morgan fingerprint density at radius 3 is 2.13 bits per heavy atom. The van der Waals surface area contributed by atoms with Gasteiger partial charge in [-0.2, -0.15) is 0 Å². The summed E-state index contributed by atoms with van der Waals surface area (Å²) in [6.07, 6.45) is 7.29. The molecule has 3 saturated carbocycles. The Kier molecular flexibility index (Phi) is 2.68. The zero-order valence-corrected chi connectivity index (χ0v) is 11.3. The van der Waals surface area contributed by atoms with Crippen LogP contribution in [0.4, 0.5) is 0 Å². The second-order valence-electron chi connectivity index (χ2n) is 6.65. The average Bonchev–Trinajstić information content (AvgIpc) is 2.21. The summed E-state index contributed by atoms with van der Waals surface area (Å²) in [5.74, 6) is 2.97. The summed E-state index contributed by atoms with van der Waals surface area (Å²) < 4.78 is 0. The minimum Gasteiger partial charge on any atom is -0.0651 e. The molecule has 0 aromatic carbocycles. The van der Waals surface area contributed by atoms with Crippen LogP contribution in [0.25, 0.3) is 0 Å². The maximum absolute atomic E-state index is 2.55. The Labute approximate surface area is 95.8 Å². The van der Waals surface area contributed by atoms with Gasteiger partial charge in [0.25, 0.3) is 0 Å². The van der Waals surface area contributed by atoms with Crippen molar-refractivity contribution < 1.29 is 0 Å². The van der Waals surface area contributed by atoms with Crippen molar-refractivity contribution in [1.82, 2.24) is 0 Å². The number of hydrogen-bond acceptors (Lipinski definition) is 0. The van der Waals surface area contributed by atoms with Crippen molar-refractivity contribution in [1.29, 1.82) is 0 Å². The molecule has 3 atom stereocenters. The standard InChI is InChI=1S/C15H28/c1-6-12(7-2)15-10-13(14(15,4)5)9-8-11(15)3/h11-13H,6-10H2,1-5H3. The van der Waals surface area contributed by atoms with Crippen LogP contribution in [0.1, 0.15) is 66.7 Å². The fraction of sp³-hybridized carbons (Fsp3) is 1.00. The average molecular weight is 208 g/mol. The number of rotatable bonds is 3. The second kappa shape index (κ2) is 3.50. The van der Waals surface area contributed by atoms with Crippen LogP contribution >= 0.6 is 0 Å². The van der Waals surface area contributed by atoms with E-state index < -0.39 is 0 Å². The van der Waals surface area contributed by atoms with E-state index in [2.05, 4.69) is 34.6 Å². The third-order valence-corrected chi connectivity index (χ3v) is 6.35. The van der Waals surface area contributed by atoms with Crippen molar-refractivity contribution in [2.24, 2.45) is 28.6 Å². The van der Waals surface area contributed by atoms with Gasteiger partial charge in [-0.15, -0.1) is 0 Å². The lowest BCUT2D eigenvalue weighted by atomic mass is 9.33. The molecule has 0 aromatic rings. The van der Waals surface area contributed by atoms with E-state index in [0.29, 0.717) is 10.8 Å². The van der Waals surface area contributed by atoms with E-state index in [1.165, 1.54) is 32.1 Å². The molecule has 3 fully saturated rings. The van der Waals surface area contributed by atoms with Crippen molar-refractivity contribution in [2.45, 2.75) is 66.7 Å². The van der Waals surface area contributed by atoms with Gasteiger partial charge in [0.05, 0.1) is 0 Å². The first-order valence-electron chi connectivity index (χ1n) is 7.00. The minimum absolute atomic E-state index is 0.626. The molecule has 3 unspecified atom stereocenters. The van der Waals surface area contributed by atoms with Crippen molar-refractivity contribution in [3.8, 4) is 0 Å². The van der Waals surface area contributed by atoms with Gasteiger partial charge >= 0.3 is 0 Å². The molecule has 3 rings (SSSR count). The largest absolute Gasteiger partial charge is 0.0651 e. The fourth-order valence-electron chi connectivity index (χ4n) is 5.30.